The lowest BCUT2D eigenvalue weighted by Gasteiger charge is -2.35. The summed E-state index contributed by atoms with van der Waals surface area (Å²) in [7, 11) is 0. The first-order chi connectivity index (χ1) is 7.65. The molecule has 0 heterocycles. The highest BCUT2D eigenvalue weighted by Crippen LogP contribution is 2.38. The van der Waals surface area contributed by atoms with Crippen LogP contribution in [0.3, 0.4) is 0 Å². The Hall–Kier alpha value is 0.440. The van der Waals surface area contributed by atoms with Crippen LogP contribution in [0.2, 0.25) is 0 Å². The predicted octanol–water partition coefficient (Wildman–Crippen LogP) is 4.64. The van der Waals surface area contributed by atoms with Crippen LogP contribution in [-0.4, -0.2) is 18.0 Å². The first-order valence-corrected chi connectivity index (χ1v) is 7.78. The third-order valence-electron chi connectivity index (χ3n) is 3.85. The van der Waals surface area contributed by atoms with E-state index in [0.29, 0.717) is 0 Å². The average Bonchev–Trinajstić information content (AvgIpc) is 2.26. The Morgan fingerprint density at radius 2 is 2.00 bits per heavy atom. The van der Waals surface area contributed by atoms with Crippen molar-refractivity contribution in [1.29, 1.82) is 0 Å². The molecule has 1 aliphatic rings. The first kappa shape index (κ1) is 14.5. The van der Waals surface area contributed by atoms with E-state index in [9.17, 15) is 0 Å². The second kappa shape index (κ2) is 7.71. The van der Waals surface area contributed by atoms with Gasteiger partial charge < -0.3 is 4.74 Å². The number of rotatable bonds is 6. The molecular formula is C14H27BrO. The van der Waals surface area contributed by atoms with Gasteiger partial charge in [0.1, 0.15) is 0 Å². The third kappa shape index (κ3) is 4.75. The van der Waals surface area contributed by atoms with Crippen molar-refractivity contribution in [2.75, 3.05) is 13.2 Å². The van der Waals surface area contributed by atoms with Crippen molar-refractivity contribution in [1.82, 2.24) is 0 Å². The summed E-state index contributed by atoms with van der Waals surface area (Å²) in [6.07, 6.45) is 6.51. The molecule has 0 amide bonds. The van der Waals surface area contributed by atoms with Gasteiger partial charge in [-0.1, -0.05) is 36.7 Å². The predicted molar refractivity (Wildman–Crippen MR) is 74.1 cm³/mol. The van der Waals surface area contributed by atoms with Gasteiger partial charge in [-0.2, -0.15) is 0 Å². The largest absolute Gasteiger partial charge is 0.381 e. The topological polar surface area (TPSA) is 9.23 Å². The maximum Gasteiger partial charge on any atom is 0.0469 e. The summed E-state index contributed by atoms with van der Waals surface area (Å²) in [4.78, 5) is 0.729. The van der Waals surface area contributed by atoms with E-state index in [1.54, 1.807) is 0 Å². The standard InChI is InChI=1S/C14H27BrO/c1-4-8-16-9-7-13-10-12(11(2)3)5-6-14(13)15/h11-14H,4-10H2,1-3H3. The summed E-state index contributed by atoms with van der Waals surface area (Å²) >= 11 is 3.84. The SMILES string of the molecule is CCCOCCC1CC(C(C)C)CCC1Br. The highest BCUT2D eigenvalue weighted by Gasteiger charge is 2.29. The van der Waals surface area contributed by atoms with Crippen molar-refractivity contribution in [2.45, 2.75) is 57.7 Å². The molecule has 1 aliphatic carbocycles. The van der Waals surface area contributed by atoms with E-state index in [-0.39, 0.29) is 0 Å². The van der Waals surface area contributed by atoms with Gasteiger partial charge in [-0.05, 0) is 49.9 Å². The summed E-state index contributed by atoms with van der Waals surface area (Å²) in [6, 6.07) is 0. The van der Waals surface area contributed by atoms with Gasteiger partial charge in [0.2, 0.25) is 0 Å². The summed E-state index contributed by atoms with van der Waals surface area (Å²) in [6.45, 7) is 8.77. The van der Waals surface area contributed by atoms with Crippen molar-refractivity contribution in [2.24, 2.45) is 17.8 Å². The van der Waals surface area contributed by atoms with Crippen molar-refractivity contribution in [3.8, 4) is 0 Å². The molecule has 16 heavy (non-hydrogen) atoms. The molecule has 0 radical (unpaired) electrons. The van der Waals surface area contributed by atoms with Gasteiger partial charge in [0.25, 0.3) is 0 Å². The molecule has 0 aromatic heterocycles. The van der Waals surface area contributed by atoms with Crippen molar-refractivity contribution in [3.05, 3.63) is 0 Å². The van der Waals surface area contributed by atoms with Crippen LogP contribution < -0.4 is 0 Å². The average molecular weight is 291 g/mol. The second-order valence-corrected chi connectivity index (χ2v) is 6.67. The van der Waals surface area contributed by atoms with Gasteiger partial charge in [0.15, 0.2) is 0 Å². The summed E-state index contributed by atoms with van der Waals surface area (Å²) in [5.74, 6) is 2.61. The van der Waals surface area contributed by atoms with E-state index >= 15 is 0 Å². The molecular weight excluding hydrogens is 264 g/mol. The lowest BCUT2D eigenvalue weighted by atomic mass is 9.75. The highest BCUT2D eigenvalue weighted by molar-refractivity contribution is 9.09. The molecule has 3 unspecified atom stereocenters. The molecule has 1 fully saturated rings. The first-order valence-electron chi connectivity index (χ1n) is 6.87. The Balaban J connectivity index is 2.26. The Labute approximate surface area is 109 Å². The number of ether oxygens (including phenoxy) is 1. The van der Waals surface area contributed by atoms with Crippen LogP contribution in [0.1, 0.15) is 52.9 Å². The molecule has 0 spiro atoms. The molecule has 0 aromatic rings. The molecule has 1 rings (SSSR count). The van der Waals surface area contributed by atoms with E-state index in [1.807, 2.05) is 0 Å². The highest BCUT2D eigenvalue weighted by atomic mass is 79.9. The Kier molecular flexibility index (Phi) is 6.98. The van der Waals surface area contributed by atoms with E-state index < -0.39 is 0 Å². The van der Waals surface area contributed by atoms with Crippen LogP contribution in [0, 0.1) is 17.8 Å². The van der Waals surface area contributed by atoms with E-state index in [1.165, 1.54) is 25.7 Å². The fraction of sp³-hybridized carbons (Fsp3) is 1.00. The molecule has 1 saturated carbocycles. The van der Waals surface area contributed by atoms with Crippen LogP contribution >= 0.6 is 15.9 Å². The van der Waals surface area contributed by atoms with Gasteiger partial charge in [0.05, 0.1) is 0 Å². The fourth-order valence-electron chi connectivity index (χ4n) is 2.65. The van der Waals surface area contributed by atoms with E-state index in [2.05, 4.69) is 36.7 Å². The second-order valence-electron chi connectivity index (χ2n) is 5.49. The zero-order chi connectivity index (χ0) is 12.0. The van der Waals surface area contributed by atoms with E-state index in [0.717, 1.165) is 42.2 Å². The Morgan fingerprint density at radius 3 is 2.62 bits per heavy atom. The maximum absolute atomic E-state index is 5.61. The number of halogens is 1. The molecule has 0 bridgehead atoms. The summed E-state index contributed by atoms with van der Waals surface area (Å²) < 4.78 is 5.61. The molecule has 1 nitrogen and oxygen atoms in total. The maximum atomic E-state index is 5.61. The zero-order valence-corrected chi connectivity index (χ0v) is 12.6. The Morgan fingerprint density at radius 1 is 1.25 bits per heavy atom. The summed E-state index contributed by atoms with van der Waals surface area (Å²) in [5.41, 5.74) is 0. The molecule has 96 valence electrons. The van der Waals surface area contributed by atoms with Crippen LogP contribution in [0.4, 0.5) is 0 Å². The van der Waals surface area contributed by atoms with E-state index in [4.69, 9.17) is 4.74 Å². The number of hydrogen-bond donors (Lipinski definition) is 0. The van der Waals surface area contributed by atoms with Crippen LogP contribution in [0.15, 0.2) is 0 Å². The lowest BCUT2D eigenvalue weighted by Crippen LogP contribution is -2.28. The number of hydrogen-bond acceptors (Lipinski definition) is 1. The van der Waals surface area contributed by atoms with Crippen molar-refractivity contribution >= 4 is 15.9 Å². The van der Waals surface area contributed by atoms with Gasteiger partial charge in [-0.25, -0.2) is 0 Å². The molecule has 0 saturated heterocycles. The molecule has 0 aromatic carbocycles. The molecule has 0 N–H and O–H groups in total. The fourth-order valence-corrected chi connectivity index (χ4v) is 3.39. The minimum absolute atomic E-state index is 0.729. The minimum atomic E-state index is 0.729. The monoisotopic (exact) mass is 290 g/mol. The quantitative estimate of drug-likeness (QED) is 0.512. The van der Waals surface area contributed by atoms with Crippen LogP contribution in [-0.2, 0) is 4.74 Å². The summed E-state index contributed by atoms with van der Waals surface area (Å²) in [5, 5.41) is 0. The smallest absolute Gasteiger partial charge is 0.0469 e. The Bertz CT molecular complexity index is 182. The lowest BCUT2D eigenvalue weighted by molar-refractivity contribution is 0.106. The molecule has 2 heteroatoms. The van der Waals surface area contributed by atoms with Crippen LogP contribution in [0.5, 0.6) is 0 Å². The molecule has 0 aliphatic heterocycles. The third-order valence-corrected chi connectivity index (χ3v) is 5.06. The zero-order valence-electron chi connectivity index (χ0n) is 11.0. The van der Waals surface area contributed by atoms with Gasteiger partial charge in [0, 0.05) is 18.0 Å². The molecule has 3 atom stereocenters. The minimum Gasteiger partial charge on any atom is -0.381 e. The van der Waals surface area contributed by atoms with Gasteiger partial charge >= 0.3 is 0 Å². The van der Waals surface area contributed by atoms with Gasteiger partial charge in [-0.15, -0.1) is 0 Å². The van der Waals surface area contributed by atoms with Crippen LogP contribution in [0.25, 0.3) is 0 Å². The van der Waals surface area contributed by atoms with Crippen molar-refractivity contribution < 1.29 is 4.74 Å². The number of alkyl halides is 1. The van der Waals surface area contributed by atoms with Crippen molar-refractivity contribution in [3.63, 3.8) is 0 Å². The normalized spacial score (nSPS) is 30.9. The van der Waals surface area contributed by atoms with Gasteiger partial charge in [-0.3, -0.25) is 0 Å².